The van der Waals surface area contributed by atoms with Crippen LogP contribution in [0.4, 0.5) is 5.69 Å². The molecule has 3 nitrogen and oxygen atoms in total. The van der Waals surface area contributed by atoms with Gasteiger partial charge in [-0.15, -0.1) is 6.58 Å². The van der Waals surface area contributed by atoms with Crippen LogP contribution in [-0.2, 0) is 6.42 Å². The van der Waals surface area contributed by atoms with Crippen molar-refractivity contribution in [2.45, 2.75) is 6.42 Å². The van der Waals surface area contributed by atoms with E-state index in [2.05, 4.69) is 11.9 Å². The molecule has 0 heterocycles. The maximum Gasteiger partial charge on any atom is 0.255 e. The Morgan fingerprint density at radius 3 is 2.55 bits per heavy atom. The lowest BCUT2D eigenvalue weighted by Gasteiger charge is -2.09. The highest BCUT2D eigenvalue weighted by Gasteiger charge is 2.10. The van der Waals surface area contributed by atoms with Gasteiger partial charge in [0.2, 0.25) is 0 Å². The zero-order valence-electron chi connectivity index (χ0n) is 11.4. The molecular formula is C17H17NO2. The van der Waals surface area contributed by atoms with Gasteiger partial charge in [-0.3, -0.25) is 4.79 Å². The lowest BCUT2D eigenvalue weighted by Crippen LogP contribution is -2.14. The topological polar surface area (TPSA) is 38.3 Å². The van der Waals surface area contributed by atoms with E-state index in [1.807, 2.05) is 48.5 Å². The number of methoxy groups -OCH3 is 1. The molecule has 20 heavy (non-hydrogen) atoms. The summed E-state index contributed by atoms with van der Waals surface area (Å²) in [6.07, 6.45) is 2.46. The van der Waals surface area contributed by atoms with Crippen LogP contribution in [0.5, 0.6) is 5.75 Å². The number of ether oxygens (including phenoxy) is 1. The summed E-state index contributed by atoms with van der Waals surface area (Å²) in [5.74, 6) is 0.641. The van der Waals surface area contributed by atoms with Crippen molar-refractivity contribution in [1.29, 1.82) is 0 Å². The van der Waals surface area contributed by atoms with Crippen LogP contribution in [-0.4, -0.2) is 13.0 Å². The SMILES string of the molecule is C=CCc1ccccc1C(=O)Nc1ccc(OC)cc1. The monoisotopic (exact) mass is 267 g/mol. The van der Waals surface area contributed by atoms with Crippen LogP contribution in [0.15, 0.2) is 61.2 Å². The number of nitrogens with one attached hydrogen (secondary N) is 1. The highest BCUT2D eigenvalue weighted by Crippen LogP contribution is 2.17. The van der Waals surface area contributed by atoms with E-state index in [1.54, 1.807) is 13.2 Å². The van der Waals surface area contributed by atoms with Gasteiger partial charge >= 0.3 is 0 Å². The molecule has 1 amide bonds. The van der Waals surface area contributed by atoms with Crippen LogP contribution in [0.3, 0.4) is 0 Å². The molecule has 0 aromatic heterocycles. The van der Waals surface area contributed by atoms with Gasteiger partial charge in [0.05, 0.1) is 7.11 Å². The molecule has 1 N–H and O–H groups in total. The second-order valence-electron chi connectivity index (χ2n) is 4.33. The predicted molar refractivity (Wildman–Crippen MR) is 81.3 cm³/mol. The molecular weight excluding hydrogens is 250 g/mol. The van der Waals surface area contributed by atoms with E-state index >= 15 is 0 Å². The van der Waals surface area contributed by atoms with E-state index < -0.39 is 0 Å². The standard InChI is InChI=1S/C17H17NO2/c1-3-6-13-7-4-5-8-16(13)17(19)18-14-9-11-15(20-2)12-10-14/h3-5,7-12H,1,6H2,2H3,(H,18,19). The van der Waals surface area contributed by atoms with Gasteiger partial charge in [0, 0.05) is 11.3 Å². The number of carbonyl (C=O) groups excluding carboxylic acids is 1. The van der Waals surface area contributed by atoms with E-state index in [0.29, 0.717) is 12.0 Å². The third-order valence-corrected chi connectivity index (χ3v) is 2.97. The Bertz CT molecular complexity index is 603. The van der Waals surface area contributed by atoms with Gasteiger partial charge < -0.3 is 10.1 Å². The first kappa shape index (κ1) is 13.9. The summed E-state index contributed by atoms with van der Waals surface area (Å²) in [6.45, 7) is 3.71. The molecule has 0 radical (unpaired) electrons. The van der Waals surface area contributed by atoms with Gasteiger partial charge in [-0.05, 0) is 42.3 Å². The van der Waals surface area contributed by atoms with Crippen molar-refractivity contribution < 1.29 is 9.53 Å². The Morgan fingerprint density at radius 1 is 1.20 bits per heavy atom. The van der Waals surface area contributed by atoms with Crippen molar-refractivity contribution in [2.24, 2.45) is 0 Å². The van der Waals surface area contributed by atoms with Crippen LogP contribution in [0.25, 0.3) is 0 Å². The first-order chi connectivity index (χ1) is 9.74. The Balaban J connectivity index is 2.16. The average Bonchev–Trinajstić information content (AvgIpc) is 2.49. The van der Waals surface area contributed by atoms with Crippen LogP contribution in [0, 0.1) is 0 Å². The molecule has 0 atom stereocenters. The maximum atomic E-state index is 12.3. The quantitative estimate of drug-likeness (QED) is 0.839. The molecule has 0 spiro atoms. The van der Waals surface area contributed by atoms with Gasteiger partial charge in [-0.25, -0.2) is 0 Å². The summed E-state index contributed by atoms with van der Waals surface area (Å²) >= 11 is 0. The first-order valence-corrected chi connectivity index (χ1v) is 6.39. The number of amides is 1. The van der Waals surface area contributed by atoms with Crippen molar-refractivity contribution in [1.82, 2.24) is 0 Å². The van der Waals surface area contributed by atoms with Crippen LogP contribution in [0.2, 0.25) is 0 Å². The number of benzene rings is 2. The molecule has 2 rings (SSSR count). The maximum absolute atomic E-state index is 12.3. The number of rotatable bonds is 5. The van der Waals surface area contributed by atoms with E-state index in [4.69, 9.17) is 4.74 Å². The van der Waals surface area contributed by atoms with E-state index in [-0.39, 0.29) is 5.91 Å². The molecule has 102 valence electrons. The van der Waals surface area contributed by atoms with Crippen molar-refractivity contribution in [3.05, 3.63) is 72.3 Å². The Labute approximate surface area is 118 Å². The van der Waals surface area contributed by atoms with Crippen LogP contribution >= 0.6 is 0 Å². The fraction of sp³-hybridized carbons (Fsp3) is 0.118. The molecule has 0 saturated heterocycles. The minimum Gasteiger partial charge on any atom is -0.497 e. The minimum atomic E-state index is -0.118. The molecule has 2 aromatic carbocycles. The van der Waals surface area contributed by atoms with E-state index in [9.17, 15) is 4.79 Å². The first-order valence-electron chi connectivity index (χ1n) is 6.39. The number of hydrogen-bond acceptors (Lipinski definition) is 2. The molecule has 2 aromatic rings. The molecule has 3 heteroatoms. The molecule has 0 aliphatic heterocycles. The lowest BCUT2D eigenvalue weighted by molar-refractivity contribution is 0.102. The van der Waals surface area contributed by atoms with Crippen molar-refractivity contribution >= 4 is 11.6 Å². The summed E-state index contributed by atoms with van der Waals surface area (Å²) in [7, 11) is 1.61. The van der Waals surface area contributed by atoms with Gasteiger partial charge in [0.25, 0.3) is 5.91 Å². The van der Waals surface area contributed by atoms with Crippen LogP contribution < -0.4 is 10.1 Å². The summed E-state index contributed by atoms with van der Waals surface area (Å²) in [6, 6.07) is 14.8. The Kier molecular flexibility index (Phi) is 4.56. The lowest BCUT2D eigenvalue weighted by atomic mass is 10.0. The fourth-order valence-electron chi connectivity index (χ4n) is 1.95. The highest BCUT2D eigenvalue weighted by molar-refractivity contribution is 6.05. The van der Waals surface area contributed by atoms with Gasteiger partial charge in [0.15, 0.2) is 0 Å². The van der Waals surface area contributed by atoms with Crippen molar-refractivity contribution in [3.8, 4) is 5.75 Å². The summed E-state index contributed by atoms with van der Waals surface area (Å²) in [5.41, 5.74) is 2.38. The zero-order chi connectivity index (χ0) is 14.4. The molecule has 0 unspecified atom stereocenters. The molecule has 0 aliphatic carbocycles. The van der Waals surface area contributed by atoms with Crippen molar-refractivity contribution in [3.63, 3.8) is 0 Å². The summed E-state index contributed by atoms with van der Waals surface area (Å²) in [5, 5.41) is 2.88. The Hall–Kier alpha value is -2.55. The normalized spacial score (nSPS) is 9.85. The third kappa shape index (κ3) is 3.26. The number of anilines is 1. The van der Waals surface area contributed by atoms with E-state index in [1.165, 1.54) is 0 Å². The van der Waals surface area contributed by atoms with Crippen molar-refractivity contribution in [2.75, 3.05) is 12.4 Å². The Morgan fingerprint density at radius 2 is 1.90 bits per heavy atom. The number of carbonyl (C=O) groups is 1. The predicted octanol–water partition coefficient (Wildman–Crippen LogP) is 3.68. The molecule has 0 aliphatic rings. The van der Waals surface area contributed by atoms with E-state index in [0.717, 1.165) is 17.0 Å². The van der Waals surface area contributed by atoms with Gasteiger partial charge in [-0.1, -0.05) is 24.3 Å². The van der Waals surface area contributed by atoms with Gasteiger partial charge in [0.1, 0.15) is 5.75 Å². The average molecular weight is 267 g/mol. The summed E-state index contributed by atoms with van der Waals surface area (Å²) in [4.78, 5) is 12.3. The zero-order valence-corrected chi connectivity index (χ0v) is 11.4. The smallest absolute Gasteiger partial charge is 0.255 e. The summed E-state index contributed by atoms with van der Waals surface area (Å²) < 4.78 is 5.09. The highest BCUT2D eigenvalue weighted by atomic mass is 16.5. The second kappa shape index (κ2) is 6.57. The van der Waals surface area contributed by atoms with Gasteiger partial charge in [-0.2, -0.15) is 0 Å². The largest absolute Gasteiger partial charge is 0.497 e. The fourth-order valence-corrected chi connectivity index (χ4v) is 1.95. The molecule has 0 bridgehead atoms. The van der Waals surface area contributed by atoms with Crippen LogP contribution in [0.1, 0.15) is 15.9 Å². The molecule has 0 fully saturated rings. The second-order valence-corrected chi connectivity index (χ2v) is 4.33. The third-order valence-electron chi connectivity index (χ3n) is 2.97. The minimum absolute atomic E-state index is 0.118. The number of hydrogen-bond donors (Lipinski definition) is 1. The molecule has 0 saturated carbocycles. The number of allylic oxidation sites excluding steroid dienone is 1.